The number of amides is 1. The third-order valence-electron chi connectivity index (χ3n) is 7.68. The molecular formula is C31H36N8O2. The summed E-state index contributed by atoms with van der Waals surface area (Å²) in [5.74, 6) is 0.869. The highest BCUT2D eigenvalue weighted by Gasteiger charge is 2.27. The van der Waals surface area contributed by atoms with Crippen LogP contribution in [0.4, 0.5) is 0 Å². The number of H-pyrrole nitrogens is 1. The molecular weight excluding hydrogens is 516 g/mol. The lowest BCUT2D eigenvalue weighted by atomic mass is 9.94. The number of aromatic nitrogens is 7. The van der Waals surface area contributed by atoms with Gasteiger partial charge in [-0.1, -0.05) is 45.4 Å². The number of fused-ring (bicyclic) bond motifs is 2. The summed E-state index contributed by atoms with van der Waals surface area (Å²) in [6.07, 6.45) is 7.70. The Morgan fingerprint density at radius 1 is 1.15 bits per heavy atom. The van der Waals surface area contributed by atoms with E-state index in [0.717, 1.165) is 65.0 Å². The molecule has 0 unspecified atom stereocenters. The molecule has 10 heteroatoms. The number of hydrogen-bond acceptors (Lipinski definition) is 7. The molecule has 0 spiro atoms. The monoisotopic (exact) mass is 552 g/mol. The smallest absolute Gasteiger partial charge is 0.309 e. The van der Waals surface area contributed by atoms with Gasteiger partial charge in [0, 0.05) is 29.4 Å². The average molecular weight is 553 g/mol. The van der Waals surface area contributed by atoms with Crippen LogP contribution in [0.5, 0.6) is 0 Å². The van der Waals surface area contributed by atoms with Gasteiger partial charge in [-0.2, -0.15) is 5.10 Å². The Labute approximate surface area is 239 Å². The molecule has 10 nitrogen and oxygen atoms in total. The highest BCUT2D eigenvalue weighted by Crippen LogP contribution is 2.35. The van der Waals surface area contributed by atoms with Crippen molar-refractivity contribution in [2.45, 2.75) is 84.7 Å². The molecule has 6 rings (SSSR count). The number of carbonyl (C=O) groups is 1. The van der Waals surface area contributed by atoms with Gasteiger partial charge in [0.1, 0.15) is 5.82 Å². The molecule has 5 aromatic rings. The molecule has 1 atom stereocenters. The van der Waals surface area contributed by atoms with Gasteiger partial charge in [0.2, 0.25) is 5.89 Å². The maximum Gasteiger partial charge on any atom is 0.309 e. The van der Waals surface area contributed by atoms with Gasteiger partial charge in [-0.25, -0.2) is 9.97 Å². The van der Waals surface area contributed by atoms with Crippen LogP contribution in [-0.4, -0.2) is 40.8 Å². The minimum atomic E-state index is -0.341. The summed E-state index contributed by atoms with van der Waals surface area (Å²) in [5.41, 5.74) is 7.61. The number of nitrogens with zero attached hydrogens (tertiary/aromatic N) is 6. The Balaban J connectivity index is 1.31. The summed E-state index contributed by atoms with van der Waals surface area (Å²) >= 11 is 0. The third-order valence-corrected chi connectivity index (χ3v) is 7.68. The Hall–Kier alpha value is -4.34. The second-order valence-corrected chi connectivity index (χ2v) is 12.2. The average Bonchev–Trinajstić information content (AvgIpc) is 3.65. The van der Waals surface area contributed by atoms with Gasteiger partial charge in [-0.15, -0.1) is 10.2 Å². The molecule has 0 saturated carbocycles. The molecule has 0 bridgehead atoms. The number of aromatic amines is 1. The molecule has 1 amide bonds. The first-order chi connectivity index (χ1) is 19.6. The van der Waals surface area contributed by atoms with E-state index in [2.05, 4.69) is 62.6 Å². The van der Waals surface area contributed by atoms with Crippen molar-refractivity contribution >= 4 is 17.1 Å². The van der Waals surface area contributed by atoms with Crippen molar-refractivity contribution in [2.75, 3.05) is 0 Å². The van der Waals surface area contributed by atoms with Crippen molar-refractivity contribution in [3.63, 3.8) is 0 Å². The van der Waals surface area contributed by atoms with Crippen molar-refractivity contribution in [3.8, 4) is 22.5 Å². The molecule has 1 aliphatic carbocycles. The largest absolute Gasteiger partial charge is 0.416 e. The number of rotatable bonds is 5. The van der Waals surface area contributed by atoms with E-state index in [4.69, 9.17) is 9.40 Å². The van der Waals surface area contributed by atoms with E-state index >= 15 is 0 Å². The van der Waals surface area contributed by atoms with E-state index in [1.54, 1.807) is 6.20 Å². The van der Waals surface area contributed by atoms with Crippen LogP contribution in [-0.2, 0) is 11.8 Å². The molecule has 41 heavy (non-hydrogen) atoms. The van der Waals surface area contributed by atoms with Crippen LogP contribution < -0.4 is 5.32 Å². The molecule has 4 aromatic heterocycles. The molecule has 0 fully saturated rings. The molecule has 0 saturated heterocycles. The Kier molecular flexibility index (Phi) is 6.71. The van der Waals surface area contributed by atoms with Gasteiger partial charge in [-0.05, 0) is 62.8 Å². The topological polar surface area (TPSA) is 127 Å². The summed E-state index contributed by atoms with van der Waals surface area (Å²) in [7, 11) is 0. The van der Waals surface area contributed by atoms with Gasteiger partial charge >= 0.3 is 11.8 Å². The van der Waals surface area contributed by atoms with Gasteiger partial charge in [0.05, 0.1) is 22.8 Å². The predicted octanol–water partition coefficient (Wildman–Crippen LogP) is 6.26. The first-order valence-corrected chi connectivity index (χ1v) is 14.3. The van der Waals surface area contributed by atoms with Crippen molar-refractivity contribution in [3.05, 3.63) is 65.3 Å². The zero-order valence-corrected chi connectivity index (χ0v) is 24.4. The molecule has 0 aliphatic heterocycles. The van der Waals surface area contributed by atoms with E-state index in [-0.39, 0.29) is 29.3 Å². The first kappa shape index (κ1) is 26.9. The van der Waals surface area contributed by atoms with Gasteiger partial charge in [0.25, 0.3) is 0 Å². The van der Waals surface area contributed by atoms with Crippen LogP contribution in [0.3, 0.4) is 0 Å². The lowest BCUT2D eigenvalue weighted by Gasteiger charge is -2.19. The van der Waals surface area contributed by atoms with Crippen LogP contribution in [0.1, 0.15) is 99.4 Å². The van der Waals surface area contributed by atoms with Crippen LogP contribution >= 0.6 is 0 Å². The lowest BCUT2D eigenvalue weighted by molar-refractivity contribution is 0.0896. The zero-order chi connectivity index (χ0) is 28.9. The number of nitrogens with one attached hydrogen (secondary N) is 2. The van der Waals surface area contributed by atoms with Crippen molar-refractivity contribution in [1.82, 2.24) is 40.2 Å². The van der Waals surface area contributed by atoms with E-state index in [1.807, 2.05) is 44.6 Å². The summed E-state index contributed by atoms with van der Waals surface area (Å²) in [6.45, 7) is 12.1. The highest BCUT2D eigenvalue weighted by molar-refractivity contribution is 5.92. The third kappa shape index (κ3) is 5.14. The van der Waals surface area contributed by atoms with E-state index in [9.17, 15) is 4.79 Å². The fourth-order valence-corrected chi connectivity index (χ4v) is 5.39. The maximum absolute atomic E-state index is 13.1. The van der Waals surface area contributed by atoms with Gasteiger partial charge < -0.3 is 14.7 Å². The van der Waals surface area contributed by atoms with Crippen LogP contribution in [0.15, 0.2) is 41.1 Å². The Morgan fingerprint density at radius 3 is 2.71 bits per heavy atom. The van der Waals surface area contributed by atoms with Crippen molar-refractivity contribution < 1.29 is 9.21 Å². The van der Waals surface area contributed by atoms with E-state index < -0.39 is 0 Å². The fourth-order valence-electron chi connectivity index (χ4n) is 5.39. The lowest BCUT2D eigenvalue weighted by Crippen LogP contribution is -2.29. The molecule has 1 aromatic carbocycles. The quantitative estimate of drug-likeness (QED) is 0.247. The van der Waals surface area contributed by atoms with Gasteiger partial charge in [0.15, 0.2) is 5.65 Å². The minimum Gasteiger partial charge on any atom is -0.416 e. The zero-order valence-electron chi connectivity index (χ0n) is 24.4. The van der Waals surface area contributed by atoms with E-state index in [0.29, 0.717) is 11.5 Å². The molecule has 0 radical (unpaired) electrons. The molecule has 1 aliphatic rings. The van der Waals surface area contributed by atoms with Crippen LogP contribution in [0.25, 0.3) is 33.7 Å². The standard InChI is InChI=1S/C31H36N8O2/c1-17(2)39-16-23(18(3)38-39)26-34-25-22(13-14-32-27(25)35-26)20-11-12-21-19(15-20)9-7-8-10-24(21)33-28(40)29-36-37-30(41-29)31(4,5)6/h11-17,24H,7-10H2,1-6H3,(H,33,40)(H,32,34,35)/t24-/m0/s1. The van der Waals surface area contributed by atoms with Gasteiger partial charge in [-0.3, -0.25) is 9.48 Å². The summed E-state index contributed by atoms with van der Waals surface area (Å²) in [4.78, 5) is 25.9. The van der Waals surface area contributed by atoms with E-state index in [1.165, 1.54) is 5.56 Å². The number of imidazole rings is 1. The Bertz CT molecular complexity index is 1740. The maximum atomic E-state index is 13.1. The van der Waals surface area contributed by atoms with Crippen LogP contribution in [0.2, 0.25) is 0 Å². The van der Waals surface area contributed by atoms with Crippen molar-refractivity contribution in [1.29, 1.82) is 0 Å². The number of hydrogen-bond donors (Lipinski definition) is 2. The highest BCUT2D eigenvalue weighted by atomic mass is 16.4. The molecule has 212 valence electrons. The number of carbonyl (C=O) groups excluding carboxylic acids is 1. The first-order valence-electron chi connectivity index (χ1n) is 14.3. The summed E-state index contributed by atoms with van der Waals surface area (Å²) in [6, 6.07) is 8.65. The van der Waals surface area contributed by atoms with Crippen LogP contribution in [0, 0.1) is 6.92 Å². The molecule has 2 N–H and O–H groups in total. The number of benzene rings is 1. The predicted molar refractivity (Wildman–Crippen MR) is 156 cm³/mol. The summed E-state index contributed by atoms with van der Waals surface area (Å²) < 4.78 is 7.64. The second kappa shape index (κ2) is 10.2. The number of pyridine rings is 1. The molecule has 4 heterocycles. The minimum absolute atomic E-state index is 0.000688. The van der Waals surface area contributed by atoms with Crippen molar-refractivity contribution in [2.24, 2.45) is 0 Å². The SMILES string of the molecule is Cc1nn(C(C)C)cc1-c1nc2nccc(-c3ccc4c(c3)CCCC[C@@H]4NC(=O)c3nnc(C(C)(C)C)o3)c2[nH]1. The Morgan fingerprint density at radius 2 is 1.98 bits per heavy atom. The second-order valence-electron chi connectivity index (χ2n) is 12.2. The summed E-state index contributed by atoms with van der Waals surface area (Å²) in [5, 5.41) is 15.9. The number of aryl methyl sites for hydroxylation is 2. The normalized spacial score (nSPS) is 15.7. The fraction of sp³-hybridized carbons (Fsp3) is 0.419.